The molecule has 0 amide bonds. The number of fused-ring (bicyclic) bond motifs is 1. The molecule has 1 aromatic carbocycles. The van der Waals surface area contributed by atoms with Crippen LogP contribution in [0.2, 0.25) is 0 Å². The van der Waals surface area contributed by atoms with E-state index >= 15 is 0 Å². The number of hydrogen-bond acceptors (Lipinski definition) is 4. The third-order valence-corrected chi connectivity index (χ3v) is 3.27. The SMILES string of the molecule is Cc1nc(C)n(-c2nc3ccccc3cc2CCN)n1. The number of para-hydroxylation sites is 1. The predicted octanol–water partition coefficient (Wildman–Crippen LogP) is 1.93. The van der Waals surface area contributed by atoms with Gasteiger partial charge in [0.15, 0.2) is 5.82 Å². The van der Waals surface area contributed by atoms with Crippen LogP contribution in [0.4, 0.5) is 0 Å². The monoisotopic (exact) mass is 267 g/mol. The molecule has 0 aliphatic heterocycles. The van der Waals surface area contributed by atoms with E-state index in [0.29, 0.717) is 6.54 Å². The van der Waals surface area contributed by atoms with Crippen LogP contribution in [0.25, 0.3) is 16.7 Å². The first kappa shape index (κ1) is 12.7. The maximum absolute atomic E-state index is 5.72. The van der Waals surface area contributed by atoms with Gasteiger partial charge in [-0.1, -0.05) is 18.2 Å². The Kier molecular flexibility index (Phi) is 3.20. The molecule has 5 heteroatoms. The molecule has 0 saturated heterocycles. The fourth-order valence-electron chi connectivity index (χ4n) is 2.39. The molecule has 0 fully saturated rings. The van der Waals surface area contributed by atoms with Gasteiger partial charge in [-0.25, -0.2) is 9.97 Å². The third kappa shape index (κ3) is 2.16. The number of nitrogens with two attached hydrogens (primary N) is 1. The van der Waals surface area contributed by atoms with Crippen LogP contribution in [0.3, 0.4) is 0 Å². The Labute approximate surface area is 117 Å². The van der Waals surface area contributed by atoms with E-state index < -0.39 is 0 Å². The van der Waals surface area contributed by atoms with E-state index in [0.717, 1.165) is 40.4 Å². The smallest absolute Gasteiger partial charge is 0.159 e. The molecule has 0 atom stereocenters. The predicted molar refractivity (Wildman–Crippen MR) is 78.9 cm³/mol. The second kappa shape index (κ2) is 5.02. The molecular weight excluding hydrogens is 250 g/mol. The summed E-state index contributed by atoms with van der Waals surface area (Å²) in [6.07, 6.45) is 0.769. The molecule has 2 N–H and O–H groups in total. The number of rotatable bonds is 3. The van der Waals surface area contributed by atoms with Crippen LogP contribution in [0.5, 0.6) is 0 Å². The Hall–Kier alpha value is -2.27. The van der Waals surface area contributed by atoms with Gasteiger partial charge < -0.3 is 5.73 Å². The van der Waals surface area contributed by atoms with Gasteiger partial charge in [-0.3, -0.25) is 0 Å². The van der Waals surface area contributed by atoms with Gasteiger partial charge in [0.25, 0.3) is 0 Å². The zero-order valence-corrected chi connectivity index (χ0v) is 11.7. The van der Waals surface area contributed by atoms with Gasteiger partial charge in [0, 0.05) is 5.39 Å². The number of hydrogen-bond donors (Lipinski definition) is 1. The van der Waals surface area contributed by atoms with Crippen LogP contribution < -0.4 is 5.73 Å². The van der Waals surface area contributed by atoms with Crippen molar-refractivity contribution in [1.82, 2.24) is 19.7 Å². The van der Waals surface area contributed by atoms with Crippen LogP contribution >= 0.6 is 0 Å². The molecule has 0 unspecified atom stereocenters. The van der Waals surface area contributed by atoms with E-state index in [-0.39, 0.29) is 0 Å². The summed E-state index contributed by atoms with van der Waals surface area (Å²) < 4.78 is 1.80. The maximum Gasteiger partial charge on any atom is 0.159 e. The lowest BCUT2D eigenvalue weighted by atomic mass is 10.1. The Morgan fingerprint density at radius 2 is 1.95 bits per heavy atom. The van der Waals surface area contributed by atoms with E-state index in [9.17, 15) is 0 Å². The highest BCUT2D eigenvalue weighted by Crippen LogP contribution is 2.20. The van der Waals surface area contributed by atoms with Crippen molar-refractivity contribution in [2.45, 2.75) is 20.3 Å². The summed E-state index contributed by atoms with van der Waals surface area (Å²) in [7, 11) is 0. The molecule has 20 heavy (non-hydrogen) atoms. The highest BCUT2D eigenvalue weighted by atomic mass is 15.4. The van der Waals surface area contributed by atoms with Gasteiger partial charge in [-0.05, 0) is 44.5 Å². The van der Waals surface area contributed by atoms with Gasteiger partial charge in [-0.2, -0.15) is 4.68 Å². The first-order chi connectivity index (χ1) is 9.69. The molecule has 0 spiro atoms. The lowest BCUT2D eigenvalue weighted by Gasteiger charge is -2.10. The van der Waals surface area contributed by atoms with Crippen LogP contribution in [-0.4, -0.2) is 26.3 Å². The van der Waals surface area contributed by atoms with Crippen molar-refractivity contribution in [3.8, 4) is 5.82 Å². The molecule has 5 nitrogen and oxygen atoms in total. The van der Waals surface area contributed by atoms with E-state index in [1.807, 2.05) is 32.0 Å². The Balaban J connectivity index is 2.26. The zero-order chi connectivity index (χ0) is 14.1. The van der Waals surface area contributed by atoms with Crippen molar-refractivity contribution in [3.05, 3.63) is 47.5 Å². The normalized spacial score (nSPS) is 11.2. The number of aromatic nitrogens is 4. The Bertz CT molecular complexity index is 760. The minimum absolute atomic E-state index is 0.583. The van der Waals surface area contributed by atoms with Crippen molar-refractivity contribution < 1.29 is 0 Å². The van der Waals surface area contributed by atoms with Crippen molar-refractivity contribution >= 4 is 10.9 Å². The Morgan fingerprint density at radius 3 is 2.65 bits per heavy atom. The molecule has 0 aliphatic rings. The molecule has 0 saturated carbocycles. The summed E-state index contributed by atoms with van der Waals surface area (Å²) >= 11 is 0. The Morgan fingerprint density at radius 1 is 1.15 bits per heavy atom. The molecule has 3 rings (SSSR count). The summed E-state index contributed by atoms with van der Waals surface area (Å²) in [6, 6.07) is 10.2. The minimum atomic E-state index is 0.583. The van der Waals surface area contributed by atoms with E-state index in [1.54, 1.807) is 4.68 Å². The van der Waals surface area contributed by atoms with Gasteiger partial charge in [-0.15, -0.1) is 5.10 Å². The van der Waals surface area contributed by atoms with E-state index in [4.69, 9.17) is 10.7 Å². The second-order valence-corrected chi connectivity index (χ2v) is 4.82. The van der Waals surface area contributed by atoms with Crippen LogP contribution in [0, 0.1) is 13.8 Å². The lowest BCUT2D eigenvalue weighted by molar-refractivity contribution is 0.788. The summed E-state index contributed by atoms with van der Waals surface area (Å²) in [5, 5.41) is 5.55. The molecule has 0 radical (unpaired) electrons. The van der Waals surface area contributed by atoms with Crippen molar-refractivity contribution in [1.29, 1.82) is 0 Å². The molecule has 2 heterocycles. The van der Waals surface area contributed by atoms with Crippen molar-refractivity contribution in [2.75, 3.05) is 6.54 Å². The summed E-state index contributed by atoms with van der Waals surface area (Å²) in [5.74, 6) is 2.41. The highest BCUT2D eigenvalue weighted by Gasteiger charge is 2.12. The largest absolute Gasteiger partial charge is 0.330 e. The molecular formula is C15H17N5. The number of pyridine rings is 1. The quantitative estimate of drug-likeness (QED) is 0.787. The molecule has 102 valence electrons. The second-order valence-electron chi connectivity index (χ2n) is 4.82. The van der Waals surface area contributed by atoms with Crippen LogP contribution in [0.15, 0.2) is 30.3 Å². The maximum atomic E-state index is 5.72. The average Bonchev–Trinajstić information content (AvgIpc) is 2.77. The molecule has 2 aromatic heterocycles. The third-order valence-electron chi connectivity index (χ3n) is 3.27. The summed E-state index contributed by atoms with van der Waals surface area (Å²) in [4.78, 5) is 9.09. The van der Waals surface area contributed by atoms with Crippen molar-refractivity contribution in [2.24, 2.45) is 5.73 Å². The van der Waals surface area contributed by atoms with Gasteiger partial charge in [0.05, 0.1) is 5.52 Å². The summed E-state index contributed by atoms with van der Waals surface area (Å²) in [6.45, 7) is 4.40. The molecule has 3 aromatic rings. The van der Waals surface area contributed by atoms with Gasteiger partial charge >= 0.3 is 0 Å². The fourth-order valence-corrected chi connectivity index (χ4v) is 2.39. The minimum Gasteiger partial charge on any atom is -0.330 e. The van der Waals surface area contributed by atoms with Gasteiger partial charge in [0.1, 0.15) is 11.6 Å². The molecule has 0 aliphatic carbocycles. The first-order valence-corrected chi connectivity index (χ1v) is 6.68. The molecule has 0 bridgehead atoms. The fraction of sp³-hybridized carbons (Fsp3) is 0.267. The topological polar surface area (TPSA) is 69.6 Å². The number of benzene rings is 1. The van der Waals surface area contributed by atoms with E-state index in [1.165, 1.54) is 0 Å². The van der Waals surface area contributed by atoms with Gasteiger partial charge in [0.2, 0.25) is 0 Å². The average molecular weight is 267 g/mol. The first-order valence-electron chi connectivity index (χ1n) is 6.68. The van der Waals surface area contributed by atoms with Crippen molar-refractivity contribution in [3.63, 3.8) is 0 Å². The van der Waals surface area contributed by atoms with E-state index in [2.05, 4.69) is 22.2 Å². The van der Waals surface area contributed by atoms with Crippen LogP contribution in [0.1, 0.15) is 17.2 Å². The zero-order valence-electron chi connectivity index (χ0n) is 11.7. The number of nitrogens with zero attached hydrogens (tertiary/aromatic N) is 4. The van der Waals surface area contributed by atoms with Crippen LogP contribution in [-0.2, 0) is 6.42 Å². The highest BCUT2D eigenvalue weighted by molar-refractivity contribution is 5.80. The number of aryl methyl sites for hydroxylation is 2. The standard InChI is InChI=1S/C15H17N5/c1-10-17-11(2)20(19-10)15-13(7-8-16)9-12-5-3-4-6-14(12)18-15/h3-6,9H,7-8,16H2,1-2H3. The summed E-state index contributed by atoms with van der Waals surface area (Å²) in [5.41, 5.74) is 7.77. The lowest BCUT2D eigenvalue weighted by Crippen LogP contribution is -2.11.